The van der Waals surface area contributed by atoms with Crippen LogP contribution in [0.4, 0.5) is 11.4 Å². The van der Waals surface area contributed by atoms with Crippen molar-refractivity contribution in [3.8, 4) is 0 Å². The number of imide groups is 1. The van der Waals surface area contributed by atoms with E-state index in [-0.39, 0.29) is 11.3 Å². The topological polar surface area (TPSA) is 101 Å². The summed E-state index contributed by atoms with van der Waals surface area (Å²) >= 11 is 2.12. The summed E-state index contributed by atoms with van der Waals surface area (Å²) in [6.07, 6.45) is 0. The number of nitrogens with one attached hydrogen (secondary N) is 2. The molecule has 0 atom stereocenters. The van der Waals surface area contributed by atoms with Gasteiger partial charge in [-0.3, -0.25) is 19.7 Å². The number of nitrogens with two attached hydrogens (primary N) is 1. The van der Waals surface area contributed by atoms with Crippen LogP contribution in [-0.4, -0.2) is 17.7 Å². The zero-order valence-electron chi connectivity index (χ0n) is 11.3. The summed E-state index contributed by atoms with van der Waals surface area (Å²) in [6, 6.07) is 13.2. The Morgan fingerprint density at radius 3 is 2.18 bits per heavy atom. The summed E-state index contributed by atoms with van der Waals surface area (Å²) in [5.41, 5.74) is 6.47. The van der Waals surface area contributed by atoms with Gasteiger partial charge in [-0.05, 0) is 59.0 Å². The van der Waals surface area contributed by atoms with E-state index >= 15 is 0 Å². The Bertz CT molecular complexity index is 729. The van der Waals surface area contributed by atoms with Crippen molar-refractivity contribution in [1.82, 2.24) is 5.32 Å². The van der Waals surface area contributed by atoms with Gasteiger partial charge in [-0.2, -0.15) is 0 Å². The summed E-state index contributed by atoms with van der Waals surface area (Å²) in [7, 11) is 0. The smallest absolute Gasteiger partial charge is 0.316 e. The summed E-state index contributed by atoms with van der Waals surface area (Å²) in [6.45, 7) is 0. The van der Waals surface area contributed by atoms with Gasteiger partial charge in [0, 0.05) is 14.9 Å². The van der Waals surface area contributed by atoms with Crippen LogP contribution in [0.25, 0.3) is 0 Å². The number of benzene rings is 2. The minimum absolute atomic E-state index is 0.137. The number of nitrogen functional groups attached to an aromatic ring is 1. The molecule has 0 aromatic heterocycles. The van der Waals surface area contributed by atoms with Crippen molar-refractivity contribution in [2.24, 2.45) is 0 Å². The van der Waals surface area contributed by atoms with Crippen LogP contribution in [0.15, 0.2) is 48.5 Å². The van der Waals surface area contributed by atoms with E-state index in [0.717, 1.165) is 3.57 Å². The maximum atomic E-state index is 11.9. The normalized spacial score (nSPS) is 9.86. The number of hydrogen-bond donors (Lipinski definition) is 3. The van der Waals surface area contributed by atoms with Crippen LogP contribution < -0.4 is 16.4 Å². The summed E-state index contributed by atoms with van der Waals surface area (Å²) in [5.74, 6) is -2.70. The number of carbonyl (C=O) groups excluding carboxylic acids is 3. The van der Waals surface area contributed by atoms with Crippen molar-refractivity contribution < 1.29 is 14.4 Å². The number of hydrogen-bond acceptors (Lipinski definition) is 4. The van der Waals surface area contributed by atoms with E-state index in [1.165, 1.54) is 12.1 Å². The second kappa shape index (κ2) is 7.03. The van der Waals surface area contributed by atoms with Crippen LogP contribution in [0.2, 0.25) is 0 Å². The first-order valence-electron chi connectivity index (χ1n) is 6.24. The number of anilines is 2. The third kappa shape index (κ3) is 4.04. The molecule has 3 amide bonds. The van der Waals surface area contributed by atoms with E-state index in [1.54, 1.807) is 36.4 Å². The lowest BCUT2D eigenvalue weighted by Crippen LogP contribution is -2.39. The molecule has 4 N–H and O–H groups in total. The first-order valence-corrected chi connectivity index (χ1v) is 7.32. The molecule has 2 rings (SSSR count). The lowest BCUT2D eigenvalue weighted by atomic mass is 10.1. The molecule has 0 aliphatic rings. The molecule has 7 heteroatoms. The first-order chi connectivity index (χ1) is 10.5. The van der Waals surface area contributed by atoms with Crippen molar-refractivity contribution in [3.63, 3.8) is 0 Å². The summed E-state index contributed by atoms with van der Waals surface area (Å²) in [4.78, 5) is 35.3. The highest BCUT2D eigenvalue weighted by atomic mass is 127. The van der Waals surface area contributed by atoms with Gasteiger partial charge >= 0.3 is 11.8 Å². The molecule has 0 unspecified atom stereocenters. The first kappa shape index (κ1) is 16.0. The molecule has 112 valence electrons. The molecule has 0 aliphatic carbocycles. The Kier molecular flexibility index (Phi) is 5.10. The van der Waals surface area contributed by atoms with E-state index in [0.29, 0.717) is 5.69 Å². The van der Waals surface area contributed by atoms with E-state index in [9.17, 15) is 14.4 Å². The largest absolute Gasteiger partial charge is 0.398 e. The molecule has 6 nitrogen and oxygen atoms in total. The molecule has 2 aromatic carbocycles. The van der Waals surface area contributed by atoms with E-state index in [2.05, 4.69) is 27.9 Å². The zero-order chi connectivity index (χ0) is 16.1. The van der Waals surface area contributed by atoms with Gasteiger partial charge in [0.05, 0.1) is 5.56 Å². The number of carbonyl (C=O) groups is 3. The standard InChI is InChI=1S/C15H12IN3O3/c16-9-5-7-10(8-6-9)18-14(21)15(22)19-13(20)11-3-1-2-4-12(11)17/h1-8H,17H2,(H,18,21)(H,19,20,22). The molecule has 0 heterocycles. The van der Waals surface area contributed by atoms with Gasteiger partial charge < -0.3 is 11.1 Å². The van der Waals surface area contributed by atoms with Crippen LogP contribution in [-0.2, 0) is 9.59 Å². The fourth-order valence-electron chi connectivity index (χ4n) is 1.65. The predicted molar refractivity (Wildman–Crippen MR) is 91.1 cm³/mol. The predicted octanol–water partition coefficient (Wildman–Crippen LogP) is 1.77. The second-order valence-electron chi connectivity index (χ2n) is 4.33. The summed E-state index contributed by atoms with van der Waals surface area (Å²) < 4.78 is 0.995. The maximum Gasteiger partial charge on any atom is 0.316 e. The fourth-order valence-corrected chi connectivity index (χ4v) is 2.01. The number of halogens is 1. The Balaban J connectivity index is 1.99. The van der Waals surface area contributed by atoms with Gasteiger partial charge in [0.15, 0.2) is 0 Å². The lowest BCUT2D eigenvalue weighted by molar-refractivity contribution is -0.135. The average Bonchev–Trinajstić information content (AvgIpc) is 2.49. The Hall–Kier alpha value is -2.42. The Morgan fingerprint density at radius 2 is 1.55 bits per heavy atom. The third-order valence-corrected chi connectivity index (χ3v) is 3.46. The van der Waals surface area contributed by atoms with Crippen molar-refractivity contribution >= 4 is 51.7 Å². The van der Waals surface area contributed by atoms with Gasteiger partial charge in [-0.15, -0.1) is 0 Å². The Labute approximate surface area is 140 Å². The molecule has 0 radical (unpaired) electrons. The fraction of sp³-hybridized carbons (Fsp3) is 0. The highest BCUT2D eigenvalue weighted by Crippen LogP contribution is 2.11. The van der Waals surface area contributed by atoms with E-state index < -0.39 is 17.7 Å². The number of amides is 3. The number of para-hydroxylation sites is 1. The van der Waals surface area contributed by atoms with Crippen LogP contribution in [0.1, 0.15) is 10.4 Å². The van der Waals surface area contributed by atoms with Crippen molar-refractivity contribution in [2.45, 2.75) is 0 Å². The molecular formula is C15H12IN3O3. The van der Waals surface area contributed by atoms with Crippen LogP contribution >= 0.6 is 22.6 Å². The highest BCUT2D eigenvalue weighted by molar-refractivity contribution is 14.1. The minimum Gasteiger partial charge on any atom is -0.398 e. The molecule has 22 heavy (non-hydrogen) atoms. The number of rotatable bonds is 2. The van der Waals surface area contributed by atoms with Gasteiger partial charge in [0.25, 0.3) is 5.91 Å². The second-order valence-corrected chi connectivity index (χ2v) is 5.58. The molecule has 0 saturated heterocycles. The molecule has 0 spiro atoms. The van der Waals surface area contributed by atoms with Crippen LogP contribution in [0.3, 0.4) is 0 Å². The zero-order valence-corrected chi connectivity index (χ0v) is 13.5. The van der Waals surface area contributed by atoms with E-state index in [4.69, 9.17) is 5.73 Å². The highest BCUT2D eigenvalue weighted by Gasteiger charge is 2.19. The van der Waals surface area contributed by atoms with Crippen LogP contribution in [0.5, 0.6) is 0 Å². The van der Waals surface area contributed by atoms with Gasteiger partial charge in [-0.1, -0.05) is 12.1 Å². The van der Waals surface area contributed by atoms with E-state index in [1.807, 2.05) is 5.32 Å². The Morgan fingerprint density at radius 1 is 0.909 bits per heavy atom. The average molecular weight is 409 g/mol. The quantitative estimate of drug-likeness (QED) is 0.400. The van der Waals surface area contributed by atoms with Gasteiger partial charge in [0.2, 0.25) is 0 Å². The molecular weight excluding hydrogens is 397 g/mol. The monoisotopic (exact) mass is 409 g/mol. The molecule has 0 saturated carbocycles. The summed E-state index contributed by atoms with van der Waals surface area (Å²) in [5, 5.41) is 4.40. The van der Waals surface area contributed by atoms with Crippen LogP contribution in [0, 0.1) is 3.57 Å². The maximum absolute atomic E-state index is 11.9. The SMILES string of the molecule is Nc1ccccc1C(=O)NC(=O)C(=O)Nc1ccc(I)cc1. The molecule has 0 fully saturated rings. The molecule has 2 aromatic rings. The van der Waals surface area contributed by atoms with Gasteiger partial charge in [0.1, 0.15) is 0 Å². The third-order valence-electron chi connectivity index (χ3n) is 2.74. The molecule has 0 aliphatic heterocycles. The van der Waals surface area contributed by atoms with Gasteiger partial charge in [-0.25, -0.2) is 0 Å². The molecule has 0 bridgehead atoms. The lowest BCUT2D eigenvalue weighted by Gasteiger charge is -2.07. The minimum atomic E-state index is -1.05. The van der Waals surface area contributed by atoms with Crippen molar-refractivity contribution in [2.75, 3.05) is 11.1 Å². The van der Waals surface area contributed by atoms with Crippen molar-refractivity contribution in [1.29, 1.82) is 0 Å². The van der Waals surface area contributed by atoms with Crippen molar-refractivity contribution in [3.05, 3.63) is 57.7 Å².